The molecule has 1 aliphatic heterocycles. The lowest BCUT2D eigenvalue weighted by Crippen LogP contribution is -2.42. The fourth-order valence-corrected chi connectivity index (χ4v) is 3.46. The van der Waals surface area contributed by atoms with E-state index in [1.54, 1.807) is 0 Å². The molecule has 0 unspecified atom stereocenters. The summed E-state index contributed by atoms with van der Waals surface area (Å²) in [6, 6.07) is 5.61. The molecule has 2 amide bonds. The summed E-state index contributed by atoms with van der Waals surface area (Å²) in [5, 5.41) is 17.6. The maximum Gasteiger partial charge on any atom is 0.306 e. The third kappa shape index (κ3) is 3.76. The standard InChI is InChI=1S/C19H23N3O4/c1-11-3-4-12(2)16(9-11)22-17(23)8-7-15(21-22)18(24)20-14-6-5-13(10-14)19(25)26/h3-4,9,13-14H,5-8,10H2,1-2H3,(H,20,24)(H,25,26)/t13-,14+/m1/s1. The third-order valence-electron chi connectivity index (χ3n) is 5.00. The number of nitrogens with one attached hydrogen (secondary N) is 1. The van der Waals surface area contributed by atoms with Crippen LogP contribution in [-0.4, -0.2) is 34.6 Å². The molecule has 0 radical (unpaired) electrons. The maximum absolute atomic E-state index is 12.5. The molecule has 1 aliphatic carbocycles. The second-order valence-electron chi connectivity index (χ2n) is 7.06. The topological polar surface area (TPSA) is 99.1 Å². The number of anilines is 1. The fraction of sp³-hybridized carbons (Fsp3) is 0.474. The molecule has 0 spiro atoms. The number of carboxylic acid groups (broad SMARTS) is 1. The molecular formula is C19H23N3O4. The number of hydrogen-bond acceptors (Lipinski definition) is 4. The number of aryl methyl sites for hydroxylation is 2. The van der Waals surface area contributed by atoms with Crippen LogP contribution >= 0.6 is 0 Å². The molecule has 7 nitrogen and oxygen atoms in total. The van der Waals surface area contributed by atoms with Crippen molar-refractivity contribution in [2.24, 2.45) is 11.0 Å². The molecule has 0 bridgehead atoms. The Kier molecular flexibility index (Phi) is 5.06. The number of rotatable bonds is 4. The van der Waals surface area contributed by atoms with Crippen LogP contribution in [0, 0.1) is 19.8 Å². The SMILES string of the molecule is Cc1ccc(C)c(N2N=C(C(=O)N[C@H]3CC[C@@H](C(=O)O)C3)CCC2=O)c1. The molecular weight excluding hydrogens is 334 g/mol. The first kappa shape index (κ1) is 18.1. The van der Waals surface area contributed by atoms with Gasteiger partial charge in [0.05, 0.1) is 11.6 Å². The van der Waals surface area contributed by atoms with E-state index in [0.29, 0.717) is 37.1 Å². The molecule has 1 aromatic carbocycles. The molecule has 2 N–H and O–H groups in total. The van der Waals surface area contributed by atoms with E-state index in [1.807, 2.05) is 32.0 Å². The summed E-state index contributed by atoms with van der Waals surface area (Å²) in [4.78, 5) is 35.9. The zero-order valence-corrected chi connectivity index (χ0v) is 15.0. The highest BCUT2D eigenvalue weighted by Crippen LogP contribution is 2.27. The van der Waals surface area contributed by atoms with E-state index in [2.05, 4.69) is 10.4 Å². The van der Waals surface area contributed by atoms with E-state index >= 15 is 0 Å². The van der Waals surface area contributed by atoms with Crippen molar-refractivity contribution in [3.8, 4) is 0 Å². The van der Waals surface area contributed by atoms with Crippen molar-refractivity contribution in [3.63, 3.8) is 0 Å². The van der Waals surface area contributed by atoms with Crippen molar-refractivity contribution in [2.75, 3.05) is 5.01 Å². The van der Waals surface area contributed by atoms with Crippen LogP contribution in [0.1, 0.15) is 43.2 Å². The van der Waals surface area contributed by atoms with Crippen molar-refractivity contribution >= 4 is 29.2 Å². The lowest BCUT2D eigenvalue weighted by molar-refractivity contribution is -0.141. The molecule has 1 aromatic rings. The molecule has 7 heteroatoms. The van der Waals surface area contributed by atoms with Gasteiger partial charge in [-0.25, -0.2) is 5.01 Å². The van der Waals surface area contributed by atoms with Crippen molar-refractivity contribution in [3.05, 3.63) is 29.3 Å². The van der Waals surface area contributed by atoms with Gasteiger partial charge in [0.2, 0.25) is 5.91 Å². The van der Waals surface area contributed by atoms with Crippen LogP contribution in [0.4, 0.5) is 5.69 Å². The summed E-state index contributed by atoms with van der Waals surface area (Å²) in [7, 11) is 0. The van der Waals surface area contributed by atoms with E-state index in [4.69, 9.17) is 5.11 Å². The van der Waals surface area contributed by atoms with Crippen molar-refractivity contribution < 1.29 is 19.5 Å². The summed E-state index contributed by atoms with van der Waals surface area (Å²) in [6.07, 6.45) is 2.17. The second kappa shape index (κ2) is 7.27. The molecule has 2 atom stereocenters. The van der Waals surface area contributed by atoms with Gasteiger partial charge in [-0.2, -0.15) is 5.10 Å². The maximum atomic E-state index is 12.5. The Morgan fingerprint density at radius 3 is 2.69 bits per heavy atom. The van der Waals surface area contributed by atoms with Crippen LogP contribution in [0.2, 0.25) is 0 Å². The first-order valence-electron chi connectivity index (χ1n) is 8.86. The third-order valence-corrected chi connectivity index (χ3v) is 5.00. The molecule has 2 aliphatic rings. The number of aliphatic carboxylic acids is 1. The van der Waals surface area contributed by atoms with Gasteiger partial charge in [-0.1, -0.05) is 12.1 Å². The molecule has 3 rings (SSSR count). The second-order valence-corrected chi connectivity index (χ2v) is 7.06. The van der Waals surface area contributed by atoms with Gasteiger partial charge in [0, 0.05) is 18.9 Å². The fourth-order valence-electron chi connectivity index (χ4n) is 3.46. The zero-order valence-electron chi connectivity index (χ0n) is 15.0. The van der Waals surface area contributed by atoms with E-state index in [9.17, 15) is 14.4 Å². The van der Waals surface area contributed by atoms with Crippen LogP contribution in [0.3, 0.4) is 0 Å². The average Bonchev–Trinajstić information content (AvgIpc) is 3.06. The number of carbonyl (C=O) groups is 3. The van der Waals surface area contributed by atoms with Gasteiger partial charge in [-0.3, -0.25) is 14.4 Å². The Balaban J connectivity index is 1.75. The lowest BCUT2D eigenvalue weighted by Gasteiger charge is -2.25. The molecule has 1 heterocycles. The monoisotopic (exact) mass is 357 g/mol. The number of amides is 2. The largest absolute Gasteiger partial charge is 0.481 e. The van der Waals surface area contributed by atoms with Crippen LogP contribution in [0.25, 0.3) is 0 Å². The average molecular weight is 357 g/mol. The number of carboxylic acids is 1. The number of carbonyl (C=O) groups excluding carboxylic acids is 2. The van der Waals surface area contributed by atoms with Gasteiger partial charge < -0.3 is 10.4 Å². The number of benzene rings is 1. The molecule has 0 aromatic heterocycles. The summed E-state index contributed by atoms with van der Waals surface area (Å²) in [5.41, 5.74) is 2.92. The van der Waals surface area contributed by atoms with E-state index in [-0.39, 0.29) is 24.3 Å². The number of hydrazone groups is 1. The molecule has 1 fully saturated rings. The Hall–Kier alpha value is -2.70. The van der Waals surface area contributed by atoms with Crippen LogP contribution in [0.15, 0.2) is 23.3 Å². The van der Waals surface area contributed by atoms with Crippen LogP contribution in [0.5, 0.6) is 0 Å². The molecule has 1 saturated carbocycles. The predicted molar refractivity (Wildman–Crippen MR) is 97.0 cm³/mol. The first-order chi connectivity index (χ1) is 12.3. The van der Waals surface area contributed by atoms with E-state index in [1.165, 1.54) is 5.01 Å². The van der Waals surface area contributed by atoms with Gasteiger partial charge in [0.1, 0.15) is 5.71 Å². The smallest absolute Gasteiger partial charge is 0.306 e. The normalized spacial score (nSPS) is 22.9. The number of nitrogens with zero attached hydrogens (tertiary/aromatic N) is 2. The summed E-state index contributed by atoms with van der Waals surface area (Å²) >= 11 is 0. The Bertz CT molecular complexity index is 787. The Labute approximate surface area is 152 Å². The van der Waals surface area contributed by atoms with Crippen LogP contribution in [-0.2, 0) is 14.4 Å². The Morgan fingerprint density at radius 2 is 2.00 bits per heavy atom. The zero-order chi connectivity index (χ0) is 18.8. The van der Waals surface area contributed by atoms with Crippen molar-refractivity contribution in [1.82, 2.24) is 5.32 Å². The van der Waals surface area contributed by atoms with Gasteiger partial charge in [0.25, 0.3) is 5.91 Å². The highest BCUT2D eigenvalue weighted by Gasteiger charge is 2.32. The minimum Gasteiger partial charge on any atom is -0.481 e. The van der Waals surface area contributed by atoms with Gasteiger partial charge >= 0.3 is 5.97 Å². The Morgan fingerprint density at radius 1 is 1.23 bits per heavy atom. The molecule has 26 heavy (non-hydrogen) atoms. The first-order valence-corrected chi connectivity index (χ1v) is 8.86. The summed E-state index contributed by atoms with van der Waals surface area (Å²) < 4.78 is 0. The minimum absolute atomic E-state index is 0.137. The van der Waals surface area contributed by atoms with Gasteiger partial charge in [-0.15, -0.1) is 0 Å². The van der Waals surface area contributed by atoms with E-state index < -0.39 is 11.9 Å². The van der Waals surface area contributed by atoms with Crippen molar-refractivity contribution in [1.29, 1.82) is 0 Å². The predicted octanol–water partition coefficient (Wildman–Crippen LogP) is 2.16. The highest BCUT2D eigenvalue weighted by atomic mass is 16.4. The number of hydrogen-bond donors (Lipinski definition) is 2. The lowest BCUT2D eigenvalue weighted by atomic mass is 10.1. The molecule has 0 saturated heterocycles. The summed E-state index contributed by atoms with van der Waals surface area (Å²) in [5.74, 6) is -1.67. The minimum atomic E-state index is -0.816. The van der Waals surface area contributed by atoms with Gasteiger partial charge in [0.15, 0.2) is 0 Å². The van der Waals surface area contributed by atoms with Crippen molar-refractivity contribution in [2.45, 2.75) is 52.0 Å². The van der Waals surface area contributed by atoms with Crippen LogP contribution < -0.4 is 10.3 Å². The van der Waals surface area contributed by atoms with Gasteiger partial charge in [-0.05, 0) is 50.3 Å². The van der Waals surface area contributed by atoms with E-state index in [0.717, 1.165) is 11.1 Å². The highest BCUT2D eigenvalue weighted by molar-refractivity contribution is 6.40. The molecule has 138 valence electrons. The quantitative estimate of drug-likeness (QED) is 0.862. The summed E-state index contributed by atoms with van der Waals surface area (Å²) in [6.45, 7) is 3.84.